The number of hydrogen-bond donors (Lipinski definition) is 1. The molecule has 4 rings (SSSR count). The number of likely N-dealkylation sites (tertiary alicyclic amines) is 1. The molecule has 0 aliphatic carbocycles. The summed E-state index contributed by atoms with van der Waals surface area (Å²) in [6.07, 6.45) is 1.42. The van der Waals surface area contributed by atoms with E-state index in [1.54, 1.807) is 29.2 Å². The standard InChI is InChI=1S/C23H25FN4O4/c1-14(2)20-12-19(27-31-20)23(30)28-9-7-16(8-10-28)18-11-21(32-26-18)22(29)25-13-15-3-5-17(24)6-4-15/h3-6,11-12,14,16H,7-10,13H2,1-2H3,(H,25,29). The van der Waals surface area contributed by atoms with E-state index in [0.717, 1.165) is 5.56 Å². The first kappa shape index (κ1) is 21.7. The summed E-state index contributed by atoms with van der Waals surface area (Å²) in [5, 5.41) is 10.7. The van der Waals surface area contributed by atoms with E-state index in [9.17, 15) is 14.0 Å². The lowest BCUT2D eigenvalue weighted by atomic mass is 9.93. The van der Waals surface area contributed by atoms with E-state index in [4.69, 9.17) is 9.05 Å². The average molecular weight is 440 g/mol. The van der Waals surface area contributed by atoms with Crippen LogP contribution in [0.3, 0.4) is 0 Å². The van der Waals surface area contributed by atoms with E-state index >= 15 is 0 Å². The molecule has 1 N–H and O–H groups in total. The third-order valence-electron chi connectivity index (χ3n) is 5.64. The minimum atomic E-state index is -0.382. The largest absolute Gasteiger partial charge is 0.360 e. The van der Waals surface area contributed by atoms with Crippen LogP contribution >= 0.6 is 0 Å². The van der Waals surface area contributed by atoms with Gasteiger partial charge in [-0.05, 0) is 30.5 Å². The second-order valence-corrected chi connectivity index (χ2v) is 8.26. The van der Waals surface area contributed by atoms with E-state index < -0.39 is 0 Å². The number of piperidine rings is 1. The average Bonchev–Trinajstić information content (AvgIpc) is 3.49. The van der Waals surface area contributed by atoms with Crippen LogP contribution in [0.5, 0.6) is 0 Å². The van der Waals surface area contributed by atoms with Crippen molar-refractivity contribution in [1.29, 1.82) is 0 Å². The zero-order chi connectivity index (χ0) is 22.7. The number of halogens is 1. The van der Waals surface area contributed by atoms with Gasteiger partial charge in [0.15, 0.2) is 5.69 Å². The SMILES string of the molecule is CC(C)c1cc(C(=O)N2CCC(c3cc(C(=O)NCc4ccc(F)cc4)on3)CC2)no1. The van der Waals surface area contributed by atoms with Crippen molar-refractivity contribution in [3.8, 4) is 0 Å². The Morgan fingerprint density at radius 2 is 1.84 bits per heavy atom. The van der Waals surface area contributed by atoms with Crippen molar-refractivity contribution in [1.82, 2.24) is 20.5 Å². The van der Waals surface area contributed by atoms with Crippen molar-refractivity contribution in [2.45, 2.75) is 45.1 Å². The third kappa shape index (κ3) is 4.87. The van der Waals surface area contributed by atoms with Crippen LogP contribution in [-0.4, -0.2) is 40.1 Å². The van der Waals surface area contributed by atoms with Crippen LogP contribution < -0.4 is 5.32 Å². The molecule has 0 atom stereocenters. The van der Waals surface area contributed by atoms with Crippen LogP contribution in [0, 0.1) is 5.82 Å². The minimum Gasteiger partial charge on any atom is -0.360 e. The summed E-state index contributed by atoms with van der Waals surface area (Å²) < 4.78 is 23.4. The predicted molar refractivity (Wildman–Crippen MR) is 113 cm³/mol. The molecule has 0 radical (unpaired) electrons. The number of nitrogens with one attached hydrogen (secondary N) is 1. The fourth-order valence-electron chi connectivity index (χ4n) is 3.66. The highest BCUT2D eigenvalue weighted by atomic mass is 19.1. The number of benzene rings is 1. The number of rotatable bonds is 6. The summed E-state index contributed by atoms with van der Waals surface area (Å²) in [5.74, 6) is 0.247. The first-order chi connectivity index (χ1) is 15.4. The van der Waals surface area contributed by atoms with Gasteiger partial charge in [0, 0.05) is 43.6 Å². The molecule has 0 bridgehead atoms. The molecule has 1 aliphatic rings. The number of carbonyl (C=O) groups excluding carboxylic acids is 2. The van der Waals surface area contributed by atoms with E-state index in [1.165, 1.54) is 12.1 Å². The third-order valence-corrected chi connectivity index (χ3v) is 5.64. The molecule has 9 heteroatoms. The second-order valence-electron chi connectivity index (χ2n) is 8.26. The van der Waals surface area contributed by atoms with Crippen LogP contribution in [0.4, 0.5) is 4.39 Å². The topological polar surface area (TPSA) is 101 Å². The first-order valence-electron chi connectivity index (χ1n) is 10.7. The highest BCUT2D eigenvalue weighted by molar-refractivity contribution is 5.92. The molecule has 32 heavy (non-hydrogen) atoms. The zero-order valence-electron chi connectivity index (χ0n) is 18.0. The lowest BCUT2D eigenvalue weighted by Crippen LogP contribution is -2.38. The summed E-state index contributed by atoms with van der Waals surface area (Å²) in [6, 6.07) is 9.26. The maximum atomic E-state index is 13.0. The van der Waals surface area contributed by atoms with Crippen LogP contribution in [0.25, 0.3) is 0 Å². The van der Waals surface area contributed by atoms with Crippen LogP contribution in [0.1, 0.15) is 76.6 Å². The van der Waals surface area contributed by atoms with Gasteiger partial charge >= 0.3 is 0 Å². The lowest BCUT2D eigenvalue weighted by molar-refractivity contribution is 0.0700. The molecule has 3 aromatic rings. The second kappa shape index (κ2) is 9.33. The van der Waals surface area contributed by atoms with Crippen molar-refractivity contribution in [3.05, 3.63) is 70.7 Å². The van der Waals surface area contributed by atoms with Crippen molar-refractivity contribution in [2.75, 3.05) is 13.1 Å². The Hall–Kier alpha value is -3.49. The van der Waals surface area contributed by atoms with Gasteiger partial charge in [-0.2, -0.15) is 0 Å². The smallest absolute Gasteiger partial charge is 0.290 e. The molecule has 2 aromatic heterocycles. The molecule has 2 amide bonds. The van der Waals surface area contributed by atoms with Gasteiger partial charge in [-0.1, -0.05) is 36.3 Å². The Morgan fingerprint density at radius 1 is 1.12 bits per heavy atom. The van der Waals surface area contributed by atoms with Crippen molar-refractivity contribution in [3.63, 3.8) is 0 Å². The lowest BCUT2D eigenvalue weighted by Gasteiger charge is -2.30. The Morgan fingerprint density at radius 3 is 2.50 bits per heavy atom. The fraction of sp³-hybridized carbons (Fsp3) is 0.391. The Kier molecular flexibility index (Phi) is 6.34. The van der Waals surface area contributed by atoms with E-state index in [2.05, 4.69) is 15.6 Å². The molecule has 168 valence electrons. The van der Waals surface area contributed by atoms with Gasteiger partial charge in [0.05, 0.1) is 5.69 Å². The Bertz CT molecular complexity index is 1080. The van der Waals surface area contributed by atoms with Gasteiger partial charge in [-0.3, -0.25) is 9.59 Å². The molecular formula is C23H25FN4O4. The van der Waals surface area contributed by atoms with Crippen molar-refractivity contribution in [2.24, 2.45) is 0 Å². The summed E-state index contributed by atoms with van der Waals surface area (Å²) in [6.45, 7) is 5.35. The minimum absolute atomic E-state index is 0.102. The van der Waals surface area contributed by atoms with Crippen LogP contribution in [-0.2, 0) is 6.54 Å². The number of nitrogens with zero attached hydrogens (tertiary/aromatic N) is 3. The van der Waals surface area contributed by atoms with E-state index in [1.807, 2.05) is 13.8 Å². The molecule has 1 aromatic carbocycles. The van der Waals surface area contributed by atoms with E-state index in [0.29, 0.717) is 43.1 Å². The van der Waals surface area contributed by atoms with Gasteiger partial charge in [0.25, 0.3) is 11.8 Å². The fourth-order valence-corrected chi connectivity index (χ4v) is 3.66. The van der Waals surface area contributed by atoms with E-state index in [-0.39, 0.29) is 41.8 Å². The number of amides is 2. The number of hydrogen-bond acceptors (Lipinski definition) is 6. The summed E-state index contributed by atoms with van der Waals surface area (Å²) in [5.41, 5.74) is 1.81. The maximum Gasteiger partial charge on any atom is 0.290 e. The Labute approximate surface area is 184 Å². The molecule has 0 spiro atoms. The summed E-state index contributed by atoms with van der Waals surface area (Å²) >= 11 is 0. The summed E-state index contributed by atoms with van der Waals surface area (Å²) in [7, 11) is 0. The molecule has 1 fully saturated rings. The highest BCUT2D eigenvalue weighted by Gasteiger charge is 2.29. The molecule has 0 saturated carbocycles. The quantitative estimate of drug-likeness (QED) is 0.624. The molecule has 0 unspecified atom stereocenters. The highest BCUT2D eigenvalue weighted by Crippen LogP contribution is 2.28. The molecule has 1 aliphatic heterocycles. The van der Waals surface area contributed by atoms with Gasteiger partial charge in [0.1, 0.15) is 11.6 Å². The number of aromatic nitrogens is 2. The van der Waals surface area contributed by atoms with Crippen LogP contribution in [0.15, 0.2) is 45.4 Å². The van der Waals surface area contributed by atoms with Crippen LogP contribution in [0.2, 0.25) is 0 Å². The molecule has 8 nitrogen and oxygen atoms in total. The number of carbonyl (C=O) groups is 2. The molecular weight excluding hydrogens is 415 g/mol. The van der Waals surface area contributed by atoms with Crippen molar-refractivity contribution < 1.29 is 23.0 Å². The van der Waals surface area contributed by atoms with Crippen molar-refractivity contribution >= 4 is 11.8 Å². The van der Waals surface area contributed by atoms with Gasteiger partial charge < -0.3 is 19.3 Å². The summed E-state index contributed by atoms with van der Waals surface area (Å²) in [4.78, 5) is 26.8. The molecule has 3 heterocycles. The molecule has 1 saturated heterocycles. The zero-order valence-corrected chi connectivity index (χ0v) is 18.0. The van der Waals surface area contributed by atoms with Gasteiger partial charge in [-0.25, -0.2) is 4.39 Å². The van der Waals surface area contributed by atoms with Gasteiger partial charge in [0.2, 0.25) is 5.76 Å². The van der Waals surface area contributed by atoms with Gasteiger partial charge in [-0.15, -0.1) is 0 Å². The monoisotopic (exact) mass is 440 g/mol. The normalized spacial score (nSPS) is 14.7. The Balaban J connectivity index is 1.30. The predicted octanol–water partition coefficient (Wildman–Crippen LogP) is 3.87. The first-order valence-corrected chi connectivity index (χ1v) is 10.7. The maximum absolute atomic E-state index is 13.0.